The molecule has 1 fully saturated rings. The van der Waals surface area contributed by atoms with E-state index in [4.69, 9.17) is 9.72 Å². The van der Waals surface area contributed by atoms with Gasteiger partial charge in [-0.3, -0.25) is 9.36 Å². The van der Waals surface area contributed by atoms with Crippen LogP contribution < -0.4 is 15.2 Å². The molecule has 140 valence electrons. The average molecular weight is 367 g/mol. The van der Waals surface area contributed by atoms with Crippen molar-refractivity contribution < 1.29 is 9.84 Å². The number of aliphatic hydroxyl groups is 1. The Kier molecular flexibility index (Phi) is 4.72. The van der Waals surface area contributed by atoms with E-state index >= 15 is 0 Å². The Bertz CT molecular complexity index is 1020. The summed E-state index contributed by atoms with van der Waals surface area (Å²) in [5, 5.41) is 10.0. The topological polar surface area (TPSA) is 93.4 Å². The first-order valence-electron chi connectivity index (χ1n) is 8.97. The van der Waals surface area contributed by atoms with Gasteiger partial charge in [-0.25, -0.2) is 9.97 Å². The highest BCUT2D eigenvalue weighted by Crippen LogP contribution is 2.34. The Hall–Kier alpha value is -3.00. The van der Waals surface area contributed by atoms with Gasteiger partial charge in [0.2, 0.25) is 11.8 Å². The van der Waals surface area contributed by atoms with Crippen molar-refractivity contribution >= 4 is 16.9 Å². The minimum absolute atomic E-state index is 0.130. The number of fused-ring (bicyclic) bond motifs is 1. The van der Waals surface area contributed by atoms with E-state index in [0.29, 0.717) is 28.6 Å². The van der Waals surface area contributed by atoms with Crippen LogP contribution in [0, 0.1) is 0 Å². The van der Waals surface area contributed by atoms with Crippen molar-refractivity contribution in [1.29, 1.82) is 0 Å². The number of rotatable bonds is 5. The molecule has 1 unspecified atom stereocenters. The molecule has 1 aliphatic rings. The summed E-state index contributed by atoms with van der Waals surface area (Å²) in [5.74, 6) is 1.68. The second kappa shape index (κ2) is 7.32. The van der Waals surface area contributed by atoms with Gasteiger partial charge < -0.3 is 14.7 Å². The highest BCUT2D eigenvalue weighted by Gasteiger charge is 2.32. The van der Waals surface area contributed by atoms with Crippen LogP contribution in [0.2, 0.25) is 0 Å². The van der Waals surface area contributed by atoms with Crippen molar-refractivity contribution in [1.82, 2.24) is 19.5 Å². The van der Waals surface area contributed by atoms with Gasteiger partial charge in [0, 0.05) is 18.8 Å². The largest absolute Gasteiger partial charge is 0.481 e. The van der Waals surface area contributed by atoms with E-state index < -0.39 is 0 Å². The van der Waals surface area contributed by atoms with Gasteiger partial charge in [0.05, 0.1) is 37.2 Å². The molecule has 1 saturated heterocycles. The predicted octanol–water partition coefficient (Wildman–Crippen LogP) is 1.53. The van der Waals surface area contributed by atoms with E-state index in [1.807, 2.05) is 23.1 Å². The first kappa shape index (κ1) is 17.4. The van der Waals surface area contributed by atoms with Crippen molar-refractivity contribution in [3.63, 3.8) is 0 Å². The van der Waals surface area contributed by atoms with Crippen LogP contribution in [0.15, 0.2) is 41.3 Å². The van der Waals surface area contributed by atoms with Crippen molar-refractivity contribution in [2.45, 2.75) is 25.4 Å². The molecule has 27 heavy (non-hydrogen) atoms. The van der Waals surface area contributed by atoms with Crippen LogP contribution >= 0.6 is 0 Å². The lowest BCUT2D eigenvalue weighted by molar-refractivity contribution is 0.270. The molecule has 4 rings (SSSR count). The molecule has 0 radical (unpaired) electrons. The van der Waals surface area contributed by atoms with Crippen LogP contribution in [-0.2, 0) is 6.54 Å². The molecule has 0 aliphatic carbocycles. The second-order valence-electron chi connectivity index (χ2n) is 6.42. The van der Waals surface area contributed by atoms with Crippen LogP contribution in [0.1, 0.15) is 24.7 Å². The molecule has 2 aromatic heterocycles. The monoisotopic (exact) mass is 367 g/mol. The maximum Gasteiger partial charge on any atom is 0.261 e. The number of para-hydroxylation sites is 1. The standard InChI is InChI=1S/C19H21N5O3/c1-27-16-8-9-20-19(22-16)23-10-4-7-15(23)17-21-14-6-3-2-5-13(14)18(26)24(17)11-12-25/h2-3,5-6,8-9,15,25H,4,7,10-12H2,1H3. The predicted molar refractivity (Wildman–Crippen MR) is 101 cm³/mol. The van der Waals surface area contributed by atoms with E-state index in [1.165, 1.54) is 0 Å². The third kappa shape index (κ3) is 3.12. The molecule has 8 heteroatoms. The number of anilines is 1. The summed E-state index contributed by atoms with van der Waals surface area (Å²) in [5.41, 5.74) is 0.521. The van der Waals surface area contributed by atoms with Crippen molar-refractivity contribution in [2.24, 2.45) is 0 Å². The van der Waals surface area contributed by atoms with Gasteiger partial charge in [-0.2, -0.15) is 4.98 Å². The fourth-order valence-electron chi connectivity index (χ4n) is 3.61. The third-order valence-electron chi connectivity index (χ3n) is 4.85. The molecule has 0 amide bonds. The number of aromatic nitrogens is 4. The van der Waals surface area contributed by atoms with Gasteiger partial charge >= 0.3 is 0 Å². The normalized spacial score (nSPS) is 16.8. The highest BCUT2D eigenvalue weighted by atomic mass is 16.5. The molecule has 3 heterocycles. The van der Waals surface area contributed by atoms with Crippen LogP contribution in [0.5, 0.6) is 5.88 Å². The lowest BCUT2D eigenvalue weighted by atomic mass is 10.1. The summed E-state index contributed by atoms with van der Waals surface area (Å²) >= 11 is 0. The zero-order valence-electron chi connectivity index (χ0n) is 15.1. The summed E-state index contributed by atoms with van der Waals surface area (Å²) in [6, 6.07) is 8.85. The number of aliphatic hydroxyl groups excluding tert-OH is 1. The van der Waals surface area contributed by atoms with E-state index in [9.17, 15) is 9.90 Å². The summed E-state index contributed by atoms with van der Waals surface area (Å²) in [6.07, 6.45) is 3.43. The molecule has 3 aromatic rings. The fraction of sp³-hybridized carbons (Fsp3) is 0.368. The number of ether oxygens (including phenoxy) is 1. The van der Waals surface area contributed by atoms with Gasteiger partial charge in [-0.15, -0.1) is 0 Å². The Balaban J connectivity index is 1.84. The maximum absolute atomic E-state index is 13.0. The van der Waals surface area contributed by atoms with E-state index in [2.05, 4.69) is 9.97 Å². The Morgan fingerprint density at radius 1 is 1.26 bits per heavy atom. The quantitative estimate of drug-likeness (QED) is 0.731. The third-order valence-corrected chi connectivity index (χ3v) is 4.85. The minimum atomic E-state index is -0.138. The van der Waals surface area contributed by atoms with Crippen molar-refractivity contribution in [2.75, 3.05) is 25.2 Å². The molecule has 1 atom stereocenters. The Labute approximate surface area is 156 Å². The van der Waals surface area contributed by atoms with Crippen LogP contribution in [0.4, 0.5) is 5.95 Å². The molecule has 0 spiro atoms. The maximum atomic E-state index is 13.0. The molecule has 1 aromatic carbocycles. The summed E-state index contributed by atoms with van der Waals surface area (Å²) in [4.78, 5) is 28.6. The number of hydrogen-bond donors (Lipinski definition) is 1. The van der Waals surface area contributed by atoms with Crippen molar-refractivity contribution in [3.05, 3.63) is 52.7 Å². The molecule has 1 N–H and O–H groups in total. The van der Waals surface area contributed by atoms with Gasteiger partial charge in [0.15, 0.2) is 0 Å². The first-order valence-corrected chi connectivity index (χ1v) is 8.97. The van der Waals surface area contributed by atoms with Crippen LogP contribution in [-0.4, -0.2) is 44.9 Å². The molecule has 8 nitrogen and oxygen atoms in total. The average Bonchev–Trinajstić information content (AvgIpc) is 3.20. The lowest BCUT2D eigenvalue weighted by Gasteiger charge is -2.26. The molecule has 1 aliphatic heterocycles. The molecular formula is C19H21N5O3. The first-order chi connectivity index (χ1) is 13.2. The SMILES string of the molecule is COc1ccnc(N2CCCC2c2nc3ccccc3c(=O)n2CCO)n1. The minimum Gasteiger partial charge on any atom is -0.481 e. The van der Waals surface area contributed by atoms with Crippen LogP contribution in [0.25, 0.3) is 10.9 Å². The molecule has 0 bridgehead atoms. The van der Waals surface area contributed by atoms with Crippen molar-refractivity contribution in [3.8, 4) is 5.88 Å². The Morgan fingerprint density at radius 3 is 2.93 bits per heavy atom. The summed E-state index contributed by atoms with van der Waals surface area (Å²) < 4.78 is 6.79. The van der Waals surface area contributed by atoms with Crippen LogP contribution in [0.3, 0.4) is 0 Å². The zero-order valence-corrected chi connectivity index (χ0v) is 15.1. The lowest BCUT2D eigenvalue weighted by Crippen LogP contribution is -2.33. The van der Waals surface area contributed by atoms with Gasteiger partial charge in [0.1, 0.15) is 5.82 Å². The summed E-state index contributed by atoms with van der Waals surface area (Å²) in [7, 11) is 1.57. The molecular weight excluding hydrogens is 346 g/mol. The Morgan fingerprint density at radius 2 is 2.11 bits per heavy atom. The van der Waals surface area contributed by atoms with Gasteiger partial charge in [0.25, 0.3) is 5.56 Å². The number of benzene rings is 1. The number of methoxy groups -OCH3 is 1. The smallest absolute Gasteiger partial charge is 0.261 e. The van der Waals surface area contributed by atoms with E-state index in [1.54, 1.807) is 30.0 Å². The highest BCUT2D eigenvalue weighted by molar-refractivity contribution is 5.77. The summed E-state index contributed by atoms with van der Waals surface area (Å²) in [6.45, 7) is 0.838. The fourth-order valence-corrected chi connectivity index (χ4v) is 3.61. The van der Waals surface area contributed by atoms with E-state index in [-0.39, 0.29) is 24.8 Å². The number of hydrogen-bond acceptors (Lipinski definition) is 7. The van der Waals surface area contributed by atoms with Gasteiger partial charge in [-0.05, 0) is 25.0 Å². The number of nitrogens with zero attached hydrogens (tertiary/aromatic N) is 5. The van der Waals surface area contributed by atoms with Gasteiger partial charge in [-0.1, -0.05) is 12.1 Å². The molecule has 0 saturated carbocycles. The zero-order chi connectivity index (χ0) is 18.8. The van der Waals surface area contributed by atoms with E-state index in [0.717, 1.165) is 19.4 Å². The second-order valence-corrected chi connectivity index (χ2v) is 6.42.